The Bertz CT molecular complexity index is 856. The third-order valence-electron chi connectivity index (χ3n) is 3.89. The maximum absolute atomic E-state index is 12.1. The molecule has 0 atom stereocenters. The van der Waals surface area contributed by atoms with Gasteiger partial charge in [0, 0.05) is 12.3 Å². The van der Waals surface area contributed by atoms with E-state index in [-0.39, 0.29) is 11.5 Å². The minimum absolute atomic E-state index is 0.207. The zero-order chi connectivity index (χ0) is 18.7. The van der Waals surface area contributed by atoms with Gasteiger partial charge in [-0.1, -0.05) is 13.3 Å². The van der Waals surface area contributed by atoms with Crippen molar-refractivity contribution in [1.82, 2.24) is 9.55 Å². The largest absolute Gasteiger partial charge is 0.492 e. The van der Waals surface area contributed by atoms with Crippen molar-refractivity contribution >= 4 is 27.7 Å². The standard InChI is InChI=1S/C18H21BrN4O3/c1-3-4-6-25-16-9-15-12(8-13(16)19)17-22-14(18(24)21-11(2)20)10-23(17)5-7-26-15/h8-10H,3-7H2,1-2H3,(H2,20,21,24). The van der Waals surface area contributed by atoms with Crippen LogP contribution in [0.5, 0.6) is 11.5 Å². The van der Waals surface area contributed by atoms with Crippen molar-refractivity contribution in [3.8, 4) is 22.9 Å². The van der Waals surface area contributed by atoms with Crippen molar-refractivity contribution in [3.63, 3.8) is 0 Å². The molecule has 26 heavy (non-hydrogen) atoms. The van der Waals surface area contributed by atoms with Crippen molar-refractivity contribution in [2.24, 2.45) is 10.7 Å². The number of hydrogen-bond donors (Lipinski definition) is 1. The van der Waals surface area contributed by atoms with E-state index in [0.717, 1.165) is 28.6 Å². The summed E-state index contributed by atoms with van der Waals surface area (Å²) < 4.78 is 14.4. The van der Waals surface area contributed by atoms with Crippen molar-refractivity contribution in [3.05, 3.63) is 28.5 Å². The number of fused-ring (bicyclic) bond motifs is 3. The van der Waals surface area contributed by atoms with E-state index in [4.69, 9.17) is 15.2 Å². The van der Waals surface area contributed by atoms with Gasteiger partial charge in [-0.3, -0.25) is 4.79 Å². The van der Waals surface area contributed by atoms with Gasteiger partial charge in [-0.05, 0) is 35.3 Å². The Labute approximate surface area is 160 Å². The van der Waals surface area contributed by atoms with E-state index in [1.807, 2.05) is 16.7 Å². The van der Waals surface area contributed by atoms with Crippen molar-refractivity contribution in [2.75, 3.05) is 13.2 Å². The predicted octanol–water partition coefficient (Wildman–Crippen LogP) is 3.40. The number of benzene rings is 1. The lowest BCUT2D eigenvalue weighted by molar-refractivity contribution is 0.0998. The highest BCUT2D eigenvalue weighted by Crippen LogP contribution is 2.39. The van der Waals surface area contributed by atoms with Gasteiger partial charge in [0.05, 0.1) is 23.2 Å². The number of hydrogen-bond acceptors (Lipinski definition) is 4. The molecule has 0 spiro atoms. The average molecular weight is 421 g/mol. The number of amides is 1. The molecule has 3 rings (SSSR count). The fraction of sp³-hybridized carbons (Fsp3) is 0.389. The fourth-order valence-corrected chi connectivity index (χ4v) is 3.10. The number of nitrogens with two attached hydrogens (primary N) is 1. The number of amidine groups is 1. The van der Waals surface area contributed by atoms with Crippen LogP contribution in [-0.4, -0.2) is 34.5 Å². The number of halogens is 1. The minimum atomic E-state index is -0.452. The Balaban J connectivity index is 1.98. The summed E-state index contributed by atoms with van der Waals surface area (Å²) in [6.45, 7) is 5.39. The minimum Gasteiger partial charge on any atom is -0.492 e. The van der Waals surface area contributed by atoms with E-state index in [1.165, 1.54) is 0 Å². The zero-order valence-corrected chi connectivity index (χ0v) is 16.4. The molecule has 1 amide bonds. The molecule has 2 heterocycles. The van der Waals surface area contributed by atoms with Gasteiger partial charge in [-0.25, -0.2) is 4.98 Å². The number of rotatable bonds is 5. The topological polar surface area (TPSA) is 91.7 Å². The van der Waals surface area contributed by atoms with E-state index in [0.29, 0.717) is 31.3 Å². The summed E-state index contributed by atoms with van der Waals surface area (Å²) in [6.07, 6.45) is 3.74. The Morgan fingerprint density at radius 1 is 1.50 bits per heavy atom. The zero-order valence-electron chi connectivity index (χ0n) is 14.8. The summed E-state index contributed by atoms with van der Waals surface area (Å²) >= 11 is 3.55. The van der Waals surface area contributed by atoms with Crippen LogP contribution in [0.15, 0.2) is 27.8 Å². The molecule has 1 aliphatic rings. The third-order valence-corrected chi connectivity index (χ3v) is 4.51. The molecule has 0 saturated heterocycles. The van der Waals surface area contributed by atoms with Crippen LogP contribution in [0.2, 0.25) is 0 Å². The highest BCUT2D eigenvalue weighted by molar-refractivity contribution is 9.10. The quantitative estimate of drug-likeness (QED) is 0.454. The number of ether oxygens (including phenoxy) is 2. The molecule has 0 unspecified atom stereocenters. The third kappa shape index (κ3) is 3.90. The second-order valence-electron chi connectivity index (χ2n) is 6.03. The molecule has 2 aromatic rings. The van der Waals surface area contributed by atoms with E-state index < -0.39 is 5.91 Å². The molecule has 0 radical (unpaired) electrons. The first-order valence-electron chi connectivity index (χ1n) is 8.51. The highest BCUT2D eigenvalue weighted by Gasteiger charge is 2.22. The predicted molar refractivity (Wildman–Crippen MR) is 103 cm³/mol. The summed E-state index contributed by atoms with van der Waals surface area (Å²) in [5, 5.41) is 0. The van der Waals surface area contributed by atoms with Gasteiger partial charge in [0.2, 0.25) is 0 Å². The van der Waals surface area contributed by atoms with Gasteiger partial charge >= 0.3 is 0 Å². The van der Waals surface area contributed by atoms with Crippen LogP contribution in [-0.2, 0) is 6.54 Å². The van der Waals surface area contributed by atoms with Crippen LogP contribution in [0, 0.1) is 0 Å². The molecule has 7 nitrogen and oxygen atoms in total. The molecule has 1 aromatic heterocycles. The van der Waals surface area contributed by atoms with E-state index in [2.05, 4.69) is 32.8 Å². The van der Waals surface area contributed by atoms with E-state index >= 15 is 0 Å². The van der Waals surface area contributed by atoms with Crippen molar-refractivity contribution < 1.29 is 14.3 Å². The second-order valence-corrected chi connectivity index (χ2v) is 6.89. The number of carbonyl (C=O) groups is 1. The van der Waals surface area contributed by atoms with Gasteiger partial charge in [-0.15, -0.1) is 0 Å². The van der Waals surface area contributed by atoms with Crippen LogP contribution in [0.3, 0.4) is 0 Å². The molecule has 0 bridgehead atoms. The fourth-order valence-electron chi connectivity index (χ4n) is 2.64. The normalized spacial score (nSPS) is 13.4. The molecule has 1 aliphatic heterocycles. The SMILES string of the molecule is CCCCOc1cc2c(cc1Br)-c1nc(C(=O)/N=C(/C)N)cn1CCO2. The molecule has 138 valence electrons. The monoisotopic (exact) mass is 420 g/mol. The first-order chi connectivity index (χ1) is 12.5. The summed E-state index contributed by atoms with van der Waals surface area (Å²) in [5.41, 5.74) is 6.55. The molecule has 0 aliphatic carbocycles. The van der Waals surface area contributed by atoms with Gasteiger partial charge in [0.15, 0.2) is 0 Å². The van der Waals surface area contributed by atoms with Crippen LogP contribution in [0.25, 0.3) is 11.4 Å². The lowest BCUT2D eigenvalue weighted by Gasteiger charge is -2.12. The lowest BCUT2D eigenvalue weighted by atomic mass is 10.2. The van der Waals surface area contributed by atoms with Gasteiger partial charge < -0.3 is 19.8 Å². The van der Waals surface area contributed by atoms with Gasteiger partial charge in [-0.2, -0.15) is 4.99 Å². The highest BCUT2D eigenvalue weighted by atomic mass is 79.9. The van der Waals surface area contributed by atoms with E-state index in [1.54, 1.807) is 13.1 Å². The summed E-state index contributed by atoms with van der Waals surface area (Å²) in [4.78, 5) is 20.4. The number of nitrogens with zero attached hydrogens (tertiary/aromatic N) is 3. The van der Waals surface area contributed by atoms with Gasteiger partial charge in [0.25, 0.3) is 5.91 Å². The maximum Gasteiger partial charge on any atom is 0.298 e. The second kappa shape index (κ2) is 7.90. The Hall–Kier alpha value is -2.35. The van der Waals surface area contributed by atoms with Crippen molar-refractivity contribution in [2.45, 2.75) is 33.2 Å². The molecule has 8 heteroatoms. The first kappa shape index (κ1) is 18.4. The number of aromatic nitrogens is 2. The summed E-state index contributed by atoms with van der Waals surface area (Å²) in [6, 6.07) is 3.77. The van der Waals surface area contributed by atoms with Crippen LogP contribution in [0.4, 0.5) is 0 Å². The smallest absolute Gasteiger partial charge is 0.298 e. The Kier molecular flexibility index (Phi) is 5.61. The number of aliphatic imine (C=N–C) groups is 1. The van der Waals surface area contributed by atoms with Crippen LogP contribution in [0.1, 0.15) is 37.2 Å². The lowest BCUT2D eigenvalue weighted by Crippen LogP contribution is -2.09. The first-order valence-corrected chi connectivity index (χ1v) is 9.30. The summed E-state index contributed by atoms with van der Waals surface area (Å²) in [7, 11) is 0. The number of unbranched alkanes of at least 4 members (excludes halogenated alkanes) is 1. The number of carbonyl (C=O) groups excluding carboxylic acids is 1. The van der Waals surface area contributed by atoms with E-state index in [9.17, 15) is 4.79 Å². The summed E-state index contributed by atoms with van der Waals surface area (Å²) in [5.74, 6) is 1.83. The molecule has 2 N–H and O–H groups in total. The number of imidazole rings is 1. The average Bonchev–Trinajstić information content (AvgIpc) is 2.94. The van der Waals surface area contributed by atoms with Gasteiger partial charge in [0.1, 0.15) is 35.5 Å². The molecule has 1 aromatic carbocycles. The van der Waals surface area contributed by atoms with Crippen LogP contribution < -0.4 is 15.2 Å². The van der Waals surface area contributed by atoms with Crippen molar-refractivity contribution in [1.29, 1.82) is 0 Å². The molecular weight excluding hydrogens is 400 g/mol. The molecule has 0 fully saturated rings. The molecule has 0 saturated carbocycles. The Morgan fingerprint density at radius 2 is 2.31 bits per heavy atom. The van der Waals surface area contributed by atoms with Crippen LogP contribution >= 0.6 is 15.9 Å². The molecular formula is C18H21BrN4O3. The maximum atomic E-state index is 12.1. The Morgan fingerprint density at radius 3 is 3.04 bits per heavy atom.